The Bertz CT molecular complexity index is 811. The Morgan fingerprint density at radius 2 is 1.60 bits per heavy atom. The van der Waals surface area contributed by atoms with Gasteiger partial charge in [-0.2, -0.15) is 0 Å². The van der Waals surface area contributed by atoms with Gasteiger partial charge in [0.1, 0.15) is 5.75 Å². The van der Waals surface area contributed by atoms with Gasteiger partial charge in [0.2, 0.25) is 0 Å². The first-order chi connectivity index (χ1) is 14.5. The largest absolute Gasteiger partial charge is 0.483 e. The lowest BCUT2D eigenvalue weighted by Crippen LogP contribution is -2.32. The molecule has 1 N–H and O–H groups in total. The van der Waals surface area contributed by atoms with Gasteiger partial charge in [0.05, 0.1) is 0 Å². The van der Waals surface area contributed by atoms with Gasteiger partial charge in [-0.05, 0) is 61.1 Å². The second kappa shape index (κ2) is 12.0. The number of hydrogen-bond donors (Lipinski definition) is 1. The first-order valence-electron chi connectivity index (χ1n) is 10.9. The van der Waals surface area contributed by atoms with Crippen molar-refractivity contribution in [3.8, 4) is 5.75 Å². The third kappa shape index (κ3) is 6.61. The second-order valence-electron chi connectivity index (χ2n) is 7.55. The Morgan fingerprint density at radius 1 is 0.967 bits per heavy atom. The summed E-state index contributed by atoms with van der Waals surface area (Å²) in [5, 5.41) is 2.83. The molecular formula is C25H34N2O3. The summed E-state index contributed by atoms with van der Waals surface area (Å²) in [5.74, 6) is 0.914. The number of hydrogen-bond acceptors (Lipinski definition) is 3. The second-order valence-corrected chi connectivity index (χ2v) is 7.55. The first kappa shape index (κ1) is 23.5. The minimum absolute atomic E-state index is 0.0292. The van der Waals surface area contributed by atoms with Crippen molar-refractivity contribution in [3.05, 3.63) is 59.7 Å². The molecule has 2 aromatic carbocycles. The molecule has 0 saturated heterocycles. The molecule has 0 aliphatic carbocycles. The standard InChI is InChI=1S/C25H34N2O3/c1-5-16-27(17-6-2)25(29)20-12-14-21(15-13-20)26-24(28)18-30-23-11-9-8-10-22(23)19(4)7-3/h8-15,19H,5-7,16-18H2,1-4H3,(H,26,28). The van der Waals surface area contributed by atoms with Crippen molar-refractivity contribution in [1.82, 2.24) is 4.90 Å². The van der Waals surface area contributed by atoms with Crippen molar-refractivity contribution in [1.29, 1.82) is 0 Å². The highest BCUT2D eigenvalue weighted by molar-refractivity contribution is 5.96. The molecule has 2 rings (SSSR count). The fourth-order valence-corrected chi connectivity index (χ4v) is 3.31. The number of nitrogens with zero attached hydrogens (tertiary/aromatic N) is 1. The Kier molecular flexibility index (Phi) is 9.39. The van der Waals surface area contributed by atoms with Gasteiger partial charge in [-0.15, -0.1) is 0 Å². The van der Waals surface area contributed by atoms with Crippen LogP contribution in [-0.2, 0) is 4.79 Å². The van der Waals surface area contributed by atoms with Crippen molar-refractivity contribution < 1.29 is 14.3 Å². The van der Waals surface area contributed by atoms with E-state index in [9.17, 15) is 9.59 Å². The lowest BCUT2D eigenvalue weighted by molar-refractivity contribution is -0.118. The molecule has 0 radical (unpaired) electrons. The highest BCUT2D eigenvalue weighted by Gasteiger charge is 2.15. The molecule has 2 aromatic rings. The average molecular weight is 411 g/mol. The maximum absolute atomic E-state index is 12.6. The normalized spacial score (nSPS) is 11.6. The molecular weight excluding hydrogens is 376 g/mol. The van der Waals surface area contributed by atoms with Gasteiger partial charge in [0, 0.05) is 24.3 Å². The molecule has 0 saturated carbocycles. The van der Waals surface area contributed by atoms with Crippen LogP contribution in [0.4, 0.5) is 5.69 Å². The van der Waals surface area contributed by atoms with Crippen LogP contribution < -0.4 is 10.1 Å². The molecule has 0 fully saturated rings. The fraction of sp³-hybridized carbons (Fsp3) is 0.440. The summed E-state index contributed by atoms with van der Waals surface area (Å²) >= 11 is 0. The summed E-state index contributed by atoms with van der Waals surface area (Å²) in [6, 6.07) is 14.9. The van der Waals surface area contributed by atoms with Crippen molar-refractivity contribution >= 4 is 17.5 Å². The molecule has 0 aliphatic rings. The van der Waals surface area contributed by atoms with Crippen LogP contribution in [0, 0.1) is 0 Å². The molecule has 0 aromatic heterocycles. The van der Waals surface area contributed by atoms with E-state index in [1.807, 2.05) is 29.2 Å². The van der Waals surface area contributed by atoms with E-state index in [4.69, 9.17) is 4.74 Å². The van der Waals surface area contributed by atoms with Gasteiger partial charge in [-0.1, -0.05) is 45.9 Å². The molecule has 0 bridgehead atoms. The minimum atomic E-state index is -0.230. The van der Waals surface area contributed by atoms with Crippen molar-refractivity contribution in [2.45, 2.75) is 52.9 Å². The number of carbonyl (C=O) groups excluding carboxylic acids is 2. The van der Waals surface area contributed by atoms with Crippen molar-refractivity contribution in [3.63, 3.8) is 0 Å². The molecule has 1 unspecified atom stereocenters. The summed E-state index contributed by atoms with van der Waals surface area (Å²) in [6.07, 6.45) is 2.87. The Morgan fingerprint density at radius 3 is 2.20 bits per heavy atom. The SMILES string of the molecule is CCCN(CCC)C(=O)c1ccc(NC(=O)COc2ccccc2C(C)CC)cc1. The van der Waals surface area contributed by atoms with Crippen LogP contribution in [0.25, 0.3) is 0 Å². The van der Waals surface area contributed by atoms with Crippen LogP contribution in [-0.4, -0.2) is 36.4 Å². The van der Waals surface area contributed by atoms with Gasteiger partial charge in [-0.3, -0.25) is 9.59 Å². The predicted molar refractivity (Wildman–Crippen MR) is 122 cm³/mol. The maximum Gasteiger partial charge on any atom is 0.262 e. The number of rotatable bonds is 11. The Balaban J connectivity index is 1.94. The van der Waals surface area contributed by atoms with E-state index in [1.54, 1.807) is 24.3 Å². The fourth-order valence-electron chi connectivity index (χ4n) is 3.31. The van der Waals surface area contributed by atoms with Crippen molar-refractivity contribution in [2.75, 3.05) is 25.0 Å². The maximum atomic E-state index is 12.6. The van der Waals surface area contributed by atoms with Crippen molar-refractivity contribution in [2.24, 2.45) is 0 Å². The monoisotopic (exact) mass is 410 g/mol. The molecule has 30 heavy (non-hydrogen) atoms. The summed E-state index contributed by atoms with van der Waals surface area (Å²) in [4.78, 5) is 26.8. The predicted octanol–water partition coefficient (Wildman–Crippen LogP) is 5.48. The third-order valence-corrected chi connectivity index (χ3v) is 5.11. The van der Waals surface area contributed by atoms with E-state index in [2.05, 4.69) is 33.0 Å². The van der Waals surface area contributed by atoms with E-state index >= 15 is 0 Å². The van der Waals surface area contributed by atoms with E-state index in [-0.39, 0.29) is 18.4 Å². The zero-order valence-electron chi connectivity index (χ0n) is 18.6. The van der Waals surface area contributed by atoms with Gasteiger partial charge < -0.3 is 15.0 Å². The number of ether oxygens (including phenoxy) is 1. The molecule has 162 valence electrons. The van der Waals surface area contributed by atoms with Gasteiger partial charge >= 0.3 is 0 Å². The first-order valence-corrected chi connectivity index (χ1v) is 10.9. The summed E-state index contributed by atoms with van der Waals surface area (Å²) < 4.78 is 5.77. The molecule has 5 heteroatoms. The van der Waals surface area contributed by atoms with Gasteiger partial charge in [0.15, 0.2) is 6.61 Å². The number of benzene rings is 2. The third-order valence-electron chi connectivity index (χ3n) is 5.11. The van der Waals surface area contributed by atoms with Crippen LogP contribution in [0.5, 0.6) is 5.75 Å². The number of anilines is 1. The minimum Gasteiger partial charge on any atom is -0.483 e. The Hall–Kier alpha value is -2.82. The number of nitrogens with one attached hydrogen (secondary N) is 1. The van der Waals surface area contributed by atoms with Crippen LogP contribution in [0.15, 0.2) is 48.5 Å². The smallest absolute Gasteiger partial charge is 0.262 e. The summed E-state index contributed by atoms with van der Waals surface area (Å²) in [5.41, 5.74) is 2.39. The molecule has 0 spiro atoms. The molecule has 5 nitrogen and oxygen atoms in total. The topological polar surface area (TPSA) is 58.6 Å². The number of para-hydroxylation sites is 1. The summed E-state index contributed by atoms with van der Waals surface area (Å²) in [7, 11) is 0. The van der Waals surface area contributed by atoms with E-state index < -0.39 is 0 Å². The highest BCUT2D eigenvalue weighted by atomic mass is 16.5. The quantitative estimate of drug-likeness (QED) is 0.534. The Labute approximate surface area is 180 Å². The van der Waals surface area contributed by atoms with Crippen LogP contribution in [0.3, 0.4) is 0 Å². The summed E-state index contributed by atoms with van der Waals surface area (Å²) in [6.45, 7) is 9.85. The van der Waals surface area contributed by atoms with Gasteiger partial charge in [-0.25, -0.2) is 0 Å². The van der Waals surface area contributed by atoms with Crippen LogP contribution in [0.2, 0.25) is 0 Å². The zero-order valence-corrected chi connectivity index (χ0v) is 18.6. The molecule has 1 atom stereocenters. The van der Waals surface area contributed by atoms with Crippen LogP contribution >= 0.6 is 0 Å². The number of amides is 2. The van der Waals surface area contributed by atoms with E-state index in [0.29, 0.717) is 17.2 Å². The average Bonchev–Trinajstić information content (AvgIpc) is 2.77. The lowest BCUT2D eigenvalue weighted by atomic mass is 9.98. The van der Waals surface area contributed by atoms with Gasteiger partial charge in [0.25, 0.3) is 11.8 Å². The molecule has 0 heterocycles. The van der Waals surface area contributed by atoms with Crippen LogP contribution in [0.1, 0.15) is 68.8 Å². The molecule has 0 aliphatic heterocycles. The highest BCUT2D eigenvalue weighted by Crippen LogP contribution is 2.28. The van der Waals surface area contributed by atoms with E-state index in [1.165, 1.54) is 0 Å². The lowest BCUT2D eigenvalue weighted by Gasteiger charge is -2.21. The van der Waals surface area contributed by atoms with E-state index in [0.717, 1.165) is 43.7 Å². The number of carbonyl (C=O) groups is 2. The zero-order chi connectivity index (χ0) is 21.9. The molecule has 2 amide bonds.